The molecular formula is C12H17N3O. The van der Waals surface area contributed by atoms with E-state index in [2.05, 4.69) is 17.3 Å². The van der Waals surface area contributed by atoms with E-state index < -0.39 is 0 Å². The number of nitrogens with one attached hydrogen (secondary N) is 1. The number of hydrogen-bond acceptors (Lipinski definition) is 3. The Morgan fingerprint density at radius 3 is 3.00 bits per heavy atom. The Labute approximate surface area is 95.3 Å². The van der Waals surface area contributed by atoms with E-state index in [-0.39, 0.29) is 0 Å². The summed E-state index contributed by atoms with van der Waals surface area (Å²) >= 11 is 0. The minimum atomic E-state index is 0.752. The first-order valence-electron chi connectivity index (χ1n) is 5.60. The maximum absolute atomic E-state index is 5.73. The second-order valence-corrected chi connectivity index (χ2v) is 3.74. The third-order valence-electron chi connectivity index (χ3n) is 2.42. The van der Waals surface area contributed by atoms with E-state index in [4.69, 9.17) is 4.42 Å². The lowest BCUT2D eigenvalue weighted by Gasteiger charge is -2.03. The van der Waals surface area contributed by atoms with Crippen LogP contribution in [0.2, 0.25) is 0 Å². The fourth-order valence-corrected chi connectivity index (χ4v) is 1.72. The summed E-state index contributed by atoms with van der Waals surface area (Å²) < 4.78 is 7.71. The van der Waals surface area contributed by atoms with Gasteiger partial charge in [-0.3, -0.25) is 4.68 Å². The molecule has 86 valence electrons. The summed E-state index contributed by atoms with van der Waals surface area (Å²) in [6.45, 7) is 3.81. The molecule has 2 aromatic rings. The van der Waals surface area contributed by atoms with Crippen molar-refractivity contribution in [2.45, 2.75) is 26.4 Å². The topological polar surface area (TPSA) is 43.0 Å². The van der Waals surface area contributed by atoms with E-state index in [1.54, 1.807) is 0 Å². The molecule has 0 bridgehead atoms. The number of hydrogen-bond donors (Lipinski definition) is 1. The van der Waals surface area contributed by atoms with Crippen LogP contribution in [-0.2, 0) is 13.1 Å². The smallest absolute Gasteiger partial charge is 0.152 e. The molecule has 2 aromatic heterocycles. The summed E-state index contributed by atoms with van der Waals surface area (Å²) in [4.78, 5) is 0. The van der Waals surface area contributed by atoms with Gasteiger partial charge in [0.2, 0.25) is 0 Å². The van der Waals surface area contributed by atoms with E-state index in [0.29, 0.717) is 0 Å². The molecule has 4 heteroatoms. The Bertz CT molecular complexity index is 445. The molecule has 0 saturated carbocycles. The number of aryl methyl sites for hydroxylation is 1. The van der Waals surface area contributed by atoms with E-state index in [1.165, 1.54) is 0 Å². The minimum absolute atomic E-state index is 0.752. The van der Waals surface area contributed by atoms with Crippen LogP contribution in [0.25, 0.3) is 11.5 Å². The van der Waals surface area contributed by atoms with Crippen molar-refractivity contribution < 1.29 is 4.42 Å². The molecule has 0 aliphatic heterocycles. The quantitative estimate of drug-likeness (QED) is 0.838. The SMILES string of the molecule is CCCn1nccc1-c1ccc(CNC)o1. The first-order chi connectivity index (χ1) is 7.85. The Morgan fingerprint density at radius 2 is 2.25 bits per heavy atom. The molecule has 0 fully saturated rings. The first kappa shape index (κ1) is 11.0. The van der Waals surface area contributed by atoms with Crippen LogP contribution in [0.4, 0.5) is 0 Å². The Kier molecular flexibility index (Phi) is 3.41. The second kappa shape index (κ2) is 4.99. The van der Waals surface area contributed by atoms with Gasteiger partial charge in [-0.1, -0.05) is 6.92 Å². The van der Waals surface area contributed by atoms with Gasteiger partial charge in [0.15, 0.2) is 5.76 Å². The van der Waals surface area contributed by atoms with Crippen LogP contribution in [0.3, 0.4) is 0 Å². The minimum Gasteiger partial charge on any atom is -0.458 e. The molecule has 4 nitrogen and oxygen atoms in total. The number of furan rings is 1. The van der Waals surface area contributed by atoms with Crippen LogP contribution in [0, 0.1) is 0 Å². The fraction of sp³-hybridized carbons (Fsp3) is 0.417. The number of nitrogens with zero attached hydrogens (tertiary/aromatic N) is 2. The molecule has 16 heavy (non-hydrogen) atoms. The van der Waals surface area contributed by atoms with E-state index in [0.717, 1.165) is 36.7 Å². The molecule has 0 aliphatic carbocycles. The molecule has 0 atom stereocenters. The van der Waals surface area contributed by atoms with Crippen LogP contribution >= 0.6 is 0 Å². The van der Waals surface area contributed by atoms with Gasteiger partial charge in [-0.2, -0.15) is 5.10 Å². The zero-order valence-electron chi connectivity index (χ0n) is 9.73. The fourth-order valence-electron chi connectivity index (χ4n) is 1.72. The van der Waals surface area contributed by atoms with Gasteiger partial charge in [0.05, 0.1) is 6.54 Å². The zero-order chi connectivity index (χ0) is 11.4. The van der Waals surface area contributed by atoms with Crippen LogP contribution in [-0.4, -0.2) is 16.8 Å². The van der Waals surface area contributed by atoms with Crippen molar-refractivity contribution in [3.8, 4) is 11.5 Å². The van der Waals surface area contributed by atoms with Crippen molar-refractivity contribution in [1.82, 2.24) is 15.1 Å². The molecule has 0 radical (unpaired) electrons. The van der Waals surface area contributed by atoms with Crippen molar-refractivity contribution in [1.29, 1.82) is 0 Å². The highest BCUT2D eigenvalue weighted by Crippen LogP contribution is 2.21. The van der Waals surface area contributed by atoms with Crippen molar-refractivity contribution in [2.24, 2.45) is 0 Å². The monoisotopic (exact) mass is 219 g/mol. The highest BCUT2D eigenvalue weighted by Gasteiger charge is 2.09. The van der Waals surface area contributed by atoms with E-state index in [9.17, 15) is 0 Å². The zero-order valence-corrected chi connectivity index (χ0v) is 9.73. The summed E-state index contributed by atoms with van der Waals surface area (Å²) in [6.07, 6.45) is 2.88. The van der Waals surface area contributed by atoms with Gasteiger partial charge >= 0.3 is 0 Å². The lowest BCUT2D eigenvalue weighted by molar-refractivity contribution is 0.498. The molecule has 0 aliphatic rings. The molecule has 1 N–H and O–H groups in total. The Balaban J connectivity index is 2.24. The third-order valence-corrected chi connectivity index (χ3v) is 2.42. The van der Waals surface area contributed by atoms with Crippen LogP contribution in [0.1, 0.15) is 19.1 Å². The van der Waals surface area contributed by atoms with Crippen LogP contribution in [0.5, 0.6) is 0 Å². The molecule has 0 unspecified atom stereocenters. The summed E-state index contributed by atoms with van der Waals surface area (Å²) in [5.74, 6) is 1.83. The maximum atomic E-state index is 5.73. The average molecular weight is 219 g/mol. The highest BCUT2D eigenvalue weighted by atomic mass is 16.3. The normalized spacial score (nSPS) is 10.9. The van der Waals surface area contributed by atoms with Crippen LogP contribution < -0.4 is 5.32 Å². The van der Waals surface area contributed by atoms with Crippen molar-refractivity contribution in [2.75, 3.05) is 7.05 Å². The standard InChI is InChI=1S/C12H17N3O/c1-3-8-15-11(6-7-14-15)12-5-4-10(16-12)9-13-2/h4-7,13H,3,8-9H2,1-2H3. The predicted octanol–water partition coefficient (Wildman–Crippen LogP) is 2.27. The number of aromatic nitrogens is 2. The summed E-state index contributed by atoms with van der Waals surface area (Å²) in [6, 6.07) is 5.97. The van der Waals surface area contributed by atoms with Crippen LogP contribution in [0.15, 0.2) is 28.8 Å². The molecule has 2 heterocycles. The van der Waals surface area contributed by atoms with Gasteiger partial charge < -0.3 is 9.73 Å². The first-order valence-corrected chi connectivity index (χ1v) is 5.60. The molecular weight excluding hydrogens is 202 g/mol. The highest BCUT2D eigenvalue weighted by molar-refractivity contribution is 5.52. The van der Waals surface area contributed by atoms with Crippen molar-refractivity contribution in [3.63, 3.8) is 0 Å². The van der Waals surface area contributed by atoms with E-state index in [1.807, 2.05) is 36.1 Å². The lowest BCUT2D eigenvalue weighted by Crippen LogP contribution is -2.03. The average Bonchev–Trinajstić information content (AvgIpc) is 2.87. The molecule has 0 aromatic carbocycles. The third kappa shape index (κ3) is 2.17. The molecule has 0 amide bonds. The largest absolute Gasteiger partial charge is 0.458 e. The summed E-state index contributed by atoms with van der Waals surface area (Å²) in [5.41, 5.74) is 1.05. The van der Waals surface area contributed by atoms with E-state index >= 15 is 0 Å². The van der Waals surface area contributed by atoms with Gasteiger partial charge in [-0.05, 0) is 31.7 Å². The van der Waals surface area contributed by atoms with Gasteiger partial charge in [-0.15, -0.1) is 0 Å². The molecule has 2 rings (SSSR count). The van der Waals surface area contributed by atoms with Crippen molar-refractivity contribution in [3.05, 3.63) is 30.2 Å². The van der Waals surface area contributed by atoms with Gasteiger partial charge in [0, 0.05) is 12.7 Å². The van der Waals surface area contributed by atoms with Gasteiger partial charge in [-0.25, -0.2) is 0 Å². The Hall–Kier alpha value is -1.55. The summed E-state index contributed by atoms with van der Waals surface area (Å²) in [7, 11) is 1.91. The number of rotatable bonds is 5. The van der Waals surface area contributed by atoms with Gasteiger partial charge in [0.25, 0.3) is 0 Å². The maximum Gasteiger partial charge on any atom is 0.152 e. The molecule has 0 saturated heterocycles. The van der Waals surface area contributed by atoms with Crippen molar-refractivity contribution >= 4 is 0 Å². The lowest BCUT2D eigenvalue weighted by atomic mass is 10.3. The Morgan fingerprint density at radius 1 is 1.38 bits per heavy atom. The van der Waals surface area contributed by atoms with Gasteiger partial charge in [0.1, 0.15) is 11.5 Å². The molecule has 0 spiro atoms. The summed E-state index contributed by atoms with van der Waals surface area (Å²) in [5, 5.41) is 7.34. The predicted molar refractivity (Wildman–Crippen MR) is 63.0 cm³/mol. The second-order valence-electron chi connectivity index (χ2n) is 3.74.